The molecule has 13 heavy (non-hydrogen) atoms. The maximum absolute atomic E-state index is 5.71. The van der Waals surface area contributed by atoms with E-state index in [1.54, 1.807) is 6.20 Å². The number of rotatable bonds is 2. The predicted molar refractivity (Wildman–Crippen MR) is 50.6 cm³/mol. The fourth-order valence-electron chi connectivity index (χ4n) is 1.48. The highest BCUT2D eigenvalue weighted by atomic mass is 16.5. The number of ether oxygens (including phenoxy) is 1. The van der Waals surface area contributed by atoms with E-state index in [0.717, 1.165) is 24.3 Å². The molecule has 2 rings (SSSR count). The lowest BCUT2D eigenvalue weighted by molar-refractivity contribution is 0.0996. The van der Waals surface area contributed by atoms with Crippen molar-refractivity contribution in [3.63, 3.8) is 0 Å². The van der Waals surface area contributed by atoms with Crippen LogP contribution in [0.3, 0.4) is 0 Å². The summed E-state index contributed by atoms with van der Waals surface area (Å²) in [6.45, 7) is 1.95. The van der Waals surface area contributed by atoms with Gasteiger partial charge in [-0.15, -0.1) is 0 Å². The number of nitrogens with zero attached hydrogens (tertiary/aromatic N) is 1. The Balaban J connectivity index is 1.98. The smallest absolute Gasteiger partial charge is 0.140 e. The van der Waals surface area contributed by atoms with Crippen molar-refractivity contribution in [2.24, 2.45) is 5.73 Å². The Morgan fingerprint density at radius 3 is 2.92 bits per heavy atom. The van der Waals surface area contributed by atoms with Gasteiger partial charge in [0.15, 0.2) is 0 Å². The first kappa shape index (κ1) is 8.51. The molecule has 1 fully saturated rings. The Hall–Kier alpha value is -1.09. The lowest BCUT2D eigenvalue weighted by Crippen LogP contribution is -2.43. The molecule has 0 aromatic carbocycles. The third-order valence-corrected chi connectivity index (χ3v) is 2.38. The summed E-state index contributed by atoms with van der Waals surface area (Å²) in [4.78, 5) is 4.15. The molecule has 0 unspecified atom stereocenters. The molecular formula is C10H14N2O. The zero-order valence-electron chi connectivity index (χ0n) is 7.73. The molecule has 3 nitrogen and oxygen atoms in total. The van der Waals surface area contributed by atoms with Crippen molar-refractivity contribution in [1.29, 1.82) is 0 Å². The Kier molecular flexibility index (Phi) is 2.19. The van der Waals surface area contributed by atoms with Crippen LogP contribution in [0, 0.1) is 6.92 Å². The molecule has 0 radical (unpaired) electrons. The molecule has 0 aliphatic heterocycles. The van der Waals surface area contributed by atoms with Crippen molar-refractivity contribution in [3.8, 4) is 5.75 Å². The highest BCUT2D eigenvalue weighted by Crippen LogP contribution is 2.25. The van der Waals surface area contributed by atoms with Gasteiger partial charge >= 0.3 is 0 Å². The molecule has 0 bridgehead atoms. The quantitative estimate of drug-likeness (QED) is 0.741. The standard InChI is InChI=1S/C10H14N2O/c1-7-10(3-2-4-12-7)13-9-5-8(11)6-9/h2-4,8-9H,5-6,11H2,1H3. The fourth-order valence-corrected chi connectivity index (χ4v) is 1.48. The van der Waals surface area contributed by atoms with Gasteiger partial charge in [-0.3, -0.25) is 4.98 Å². The number of hydrogen-bond acceptors (Lipinski definition) is 3. The van der Waals surface area contributed by atoms with Crippen LogP contribution in [0.1, 0.15) is 18.5 Å². The van der Waals surface area contributed by atoms with Crippen molar-refractivity contribution in [1.82, 2.24) is 4.98 Å². The molecular weight excluding hydrogens is 164 g/mol. The van der Waals surface area contributed by atoms with Crippen molar-refractivity contribution in [2.45, 2.75) is 31.9 Å². The lowest BCUT2D eigenvalue weighted by Gasteiger charge is -2.32. The molecule has 0 amide bonds. The Morgan fingerprint density at radius 1 is 1.54 bits per heavy atom. The monoisotopic (exact) mass is 178 g/mol. The van der Waals surface area contributed by atoms with Crippen molar-refractivity contribution in [3.05, 3.63) is 24.0 Å². The maximum atomic E-state index is 5.71. The van der Waals surface area contributed by atoms with E-state index in [0.29, 0.717) is 12.1 Å². The van der Waals surface area contributed by atoms with E-state index in [2.05, 4.69) is 4.98 Å². The maximum Gasteiger partial charge on any atom is 0.140 e. The third-order valence-electron chi connectivity index (χ3n) is 2.38. The second kappa shape index (κ2) is 3.34. The molecule has 0 saturated heterocycles. The van der Waals surface area contributed by atoms with E-state index < -0.39 is 0 Å². The summed E-state index contributed by atoms with van der Waals surface area (Å²) < 4.78 is 5.71. The number of aromatic nitrogens is 1. The first-order valence-corrected chi connectivity index (χ1v) is 4.59. The van der Waals surface area contributed by atoms with Gasteiger partial charge in [0.2, 0.25) is 0 Å². The van der Waals surface area contributed by atoms with E-state index in [-0.39, 0.29) is 0 Å². The van der Waals surface area contributed by atoms with Gasteiger partial charge in [-0.25, -0.2) is 0 Å². The molecule has 0 spiro atoms. The van der Waals surface area contributed by atoms with Gasteiger partial charge in [0, 0.05) is 12.2 Å². The van der Waals surface area contributed by atoms with Crippen LogP contribution in [-0.2, 0) is 0 Å². The van der Waals surface area contributed by atoms with Gasteiger partial charge in [0.1, 0.15) is 11.9 Å². The van der Waals surface area contributed by atoms with Crippen molar-refractivity contribution >= 4 is 0 Å². The van der Waals surface area contributed by atoms with Gasteiger partial charge in [0.05, 0.1) is 5.69 Å². The minimum Gasteiger partial charge on any atom is -0.488 e. The molecule has 70 valence electrons. The van der Waals surface area contributed by atoms with Crippen LogP contribution in [0.4, 0.5) is 0 Å². The predicted octanol–water partition coefficient (Wildman–Crippen LogP) is 1.26. The minimum absolute atomic E-state index is 0.304. The molecule has 1 aliphatic carbocycles. The van der Waals surface area contributed by atoms with Crippen LogP contribution in [0.15, 0.2) is 18.3 Å². The summed E-state index contributed by atoms with van der Waals surface area (Å²) in [6, 6.07) is 4.18. The molecule has 0 atom stereocenters. The summed E-state index contributed by atoms with van der Waals surface area (Å²) in [5.41, 5.74) is 6.61. The van der Waals surface area contributed by atoms with E-state index in [1.807, 2.05) is 19.1 Å². The SMILES string of the molecule is Cc1ncccc1OC1CC(N)C1. The van der Waals surface area contributed by atoms with Gasteiger partial charge < -0.3 is 10.5 Å². The number of hydrogen-bond donors (Lipinski definition) is 1. The fraction of sp³-hybridized carbons (Fsp3) is 0.500. The normalized spacial score (nSPS) is 26.6. The van der Waals surface area contributed by atoms with Gasteiger partial charge in [0.25, 0.3) is 0 Å². The molecule has 1 aliphatic rings. The first-order chi connectivity index (χ1) is 6.25. The zero-order valence-corrected chi connectivity index (χ0v) is 7.73. The number of aryl methyl sites for hydroxylation is 1. The van der Waals surface area contributed by atoms with Crippen LogP contribution in [0.25, 0.3) is 0 Å². The van der Waals surface area contributed by atoms with Gasteiger partial charge in [-0.1, -0.05) is 0 Å². The first-order valence-electron chi connectivity index (χ1n) is 4.59. The van der Waals surface area contributed by atoms with Crippen LogP contribution >= 0.6 is 0 Å². The van der Waals surface area contributed by atoms with Crippen molar-refractivity contribution < 1.29 is 4.74 Å². The summed E-state index contributed by atoms with van der Waals surface area (Å²) >= 11 is 0. The minimum atomic E-state index is 0.304. The summed E-state index contributed by atoms with van der Waals surface area (Å²) in [5, 5.41) is 0. The number of nitrogens with two attached hydrogens (primary N) is 1. The van der Waals surface area contributed by atoms with Gasteiger partial charge in [-0.05, 0) is 31.9 Å². The highest BCUT2D eigenvalue weighted by Gasteiger charge is 2.27. The van der Waals surface area contributed by atoms with E-state index in [1.165, 1.54) is 0 Å². The second-order valence-corrected chi connectivity index (χ2v) is 3.56. The molecule has 1 aromatic rings. The Morgan fingerprint density at radius 2 is 2.31 bits per heavy atom. The van der Waals surface area contributed by atoms with E-state index in [9.17, 15) is 0 Å². The van der Waals surface area contributed by atoms with Gasteiger partial charge in [-0.2, -0.15) is 0 Å². The average Bonchev–Trinajstić information content (AvgIpc) is 2.06. The average molecular weight is 178 g/mol. The Bertz CT molecular complexity index is 295. The van der Waals surface area contributed by atoms with Crippen LogP contribution < -0.4 is 10.5 Å². The third kappa shape index (κ3) is 1.80. The lowest BCUT2D eigenvalue weighted by atomic mass is 9.90. The Labute approximate surface area is 77.9 Å². The number of pyridine rings is 1. The molecule has 1 aromatic heterocycles. The van der Waals surface area contributed by atoms with E-state index >= 15 is 0 Å². The molecule has 2 N–H and O–H groups in total. The molecule has 1 saturated carbocycles. The summed E-state index contributed by atoms with van der Waals surface area (Å²) in [6.07, 6.45) is 4.01. The topological polar surface area (TPSA) is 48.1 Å². The highest BCUT2D eigenvalue weighted by molar-refractivity contribution is 5.25. The molecule has 3 heteroatoms. The summed E-state index contributed by atoms with van der Waals surface area (Å²) in [7, 11) is 0. The largest absolute Gasteiger partial charge is 0.488 e. The second-order valence-electron chi connectivity index (χ2n) is 3.56. The van der Waals surface area contributed by atoms with E-state index in [4.69, 9.17) is 10.5 Å². The molecule has 1 heterocycles. The van der Waals surface area contributed by atoms with Crippen LogP contribution in [-0.4, -0.2) is 17.1 Å². The summed E-state index contributed by atoms with van der Waals surface area (Å²) in [5.74, 6) is 0.888. The zero-order chi connectivity index (χ0) is 9.26. The van der Waals surface area contributed by atoms with Crippen LogP contribution in [0.2, 0.25) is 0 Å². The van der Waals surface area contributed by atoms with Crippen molar-refractivity contribution in [2.75, 3.05) is 0 Å². The van der Waals surface area contributed by atoms with Crippen LogP contribution in [0.5, 0.6) is 5.75 Å².